The first-order chi connectivity index (χ1) is 27.4. The Kier molecular flexibility index (Phi) is 10.2. The molecule has 0 spiro atoms. The van der Waals surface area contributed by atoms with Gasteiger partial charge >= 0.3 is 0 Å². The number of nitrogens with one attached hydrogen (secondary N) is 1. The molecule has 20 heteroatoms. The number of aliphatic hydroxyl groups is 1. The predicted octanol–water partition coefficient (Wildman–Crippen LogP) is 6.52. The molecule has 1 fully saturated rings. The highest BCUT2D eigenvalue weighted by Gasteiger charge is 2.67. The van der Waals surface area contributed by atoms with Gasteiger partial charge in [-0.15, -0.1) is 0 Å². The largest absolute Gasteiger partial charge is 0.378 e. The van der Waals surface area contributed by atoms with Crippen LogP contribution in [-0.4, -0.2) is 69.9 Å². The van der Waals surface area contributed by atoms with Crippen molar-refractivity contribution >= 4 is 49.9 Å². The molecule has 1 saturated carbocycles. The summed E-state index contributed by atoms with van der Waals surface area (Å²) < 4.78 is 120. The number of hydrogen-bond donors (Lipinski definition) is 3. The molecule has 12 nitrogen and oxygen atoms in total. The molecule has 2 aliphatic rings. The van der Waals surface area contributed by atoms with E-state index in [9.17, 15) is 35.9 Å². The van der Waals surface area contributed by atoms with Gasteiger partial charge in [0.25, 0.3) is 12.3 Å². The van der Waals surface area contributed by atoms with Crippen LogP contribution in [0.25, 0.3) is 22.0 Å². The molecule has 2 aromatic carbocycles. The first-order valence-corrected chi connectivity index (χ1v) is 20.3. The summed E-state index contributed by atoms with van der Waals surface area (Å²) in [5.41, 5.74) is 2.89. The maximum absolute atomic E-state index is 16.2. The van der Waals surface area contributed by atoms with Crippen molar-refractivity contribution in [2.24, 2.45) is 18.7 Å². The van der Waals surface area contributed by atoms with Gasteiger partial charge in [-0.3, -0.25) is 14.2 Å². The van der Waals surface area contributed by atoms with Gasteiger partial charge in [0, 0.05) is 55.7 Å². The van der Waals surface area contributed by atoms with E-state index in [1.807, 2.05) is 0 Å². The van der Waals surface area contributed by atoms with Crippen LogP contribution in [0.15, 0.2) is 36.4 Å². The number of sulfonamides is 1. The number of benzene rings is 2. The number of carbonyl (C=O) groups excluding carboxylic acids is 1. The van der Waals surface area contributed by atoms with Gasteiger partial charge in [0.2, 0.25) is 15.9 Å². The summed E-state index contributed by atoms with van der Waals surface area (Å²) in [6.07, 6.45) is -3.04. The molecular weight excluding hydrogens is 826 g/mol. The fraction of sp³-hybridized carbons (Fsp3) is 0.385. The lowest BCUT2D eigenvalue weighted by atomic mass is 9.83. The Balaban J connectivity index is 1.61. The number of anilines is 2. The van der Waals surface area contributed by atoms with Crippen LogP contribution in [-0.2, 0) is 34.2 Å². The number of pyridine rings is 1. The van der Waals surface area contributed by atoms with Gasteiger partial charge in [-0.1, -0.05) is 23.6 Å². The second kappa shape index (κ2) is 14.4. The summed E-state index contributed by atoms with van der Waals surface area (Å²) in [6, 6.07) is 4.97. The number of nitrogens with two attached hydrogens (primary N) is 1. The third-order valence-corrected chi connectivity index (χ3v) is 11.2. The Morgan fingerprint density at radius 3 is 2.36 bits per heavy atom. The number of fused-ring (bicyclic) bond motifs is 4. The molecule has 0 aliphatic heterocycles. The standard InChI is InChI=1S/C39H37ClF6N8O4S/c1-38(2,56)10-9-26-27(52(3)4)16-21(20-7-8-25(40)29-32(20)53(5)50-37(29)51-59(6,57)58)30(48-26)23(13-17-11-18(41)14-19(42)12-17)33(36(47)55)54-34-28(31(49-54)35(43)44)22-15-24(22)39(34,45)46/h7-8,11-12,14,16,22-24,33,35,56H,13,15H2,1-6H3,(H2,47,55)(H,50,51)/t22-,23+,24+,33?/m0/s1. The molecule has 312 valence electrons. The van der Waals surface area contributed by atoms with Gasteiger partial charge in [-0.2, -0.15) is 19.0 Å². The van der Waals surface area contributed by atoms with Gasteiger partial charge < -0.3 is 15.7 Å². The number of amides is 1. The van der Waals surface area contributed by atoms with E-state index in [4.69, 9.17) is 22.3 Å². The zero-order valence-corrected chi connectivity index (χ0v) is 33.8. The van der Waals surface area contributed by atoms with Crippen LogP contribution in [0.2, 0.25) is 5.02 Å². The second-order valence-corrected chi connectivity index (χ2v) is 17.7. The van der Waals surface area contributed by atoms with Crippen LogP contribution >= 0.6 is 11.6 Å². The van der Waals surface area contributed by atoms with Crippen LogP contribution in [0, 0.1) is 29.4 Å². The molecule has 0 saturated heterocycles. The number of alkyl halides is 4. The van der Waals surface area contributed by atoms with Gasteiger partial charge in [0.05, 0.1) is 33.6 Å². The first-order valence-electron chi connectivity index (χ1n) is 18.0. The number of carbonyl (C=O) groups is 1. The third kappa shape index (κ3) is 7.69. The average molecular weight is 863 g/mol. The van der Waals surface area contributed by atoms with E-state index >= 15 is 8.78 Å². The Morgan fingerprint density at radius 1 is 1.12 bits per heavy atom. The normalized spacial score (nSPS) is 17.9. The van der Waals surface area contributed by atoms with Crippen molar-refractivity contribution in [2.45, 2.75) is 62.5 Å². The Morgan fingerprint density at radius 2 is 1.78 bits per heavy atom. The summed E-state index contributed by atoms with van der Waals surface area (Å²) in [7, 11) is 0.888. The highest BCUT2D eigenvalue weighted by atomic mass is 35.5. The minimum absolute atomic E-state index is 0.0188. The number of aromatic nitrogens is 5. The lowest BCUT2D eigenvalue weighted by Gasteiger charge is -2.30. The van der Waals surface area contributed by atoms with Crippen molar-refractivity contribution < 1.29 is 44.7 Å². The minimum atomic E-state index is -3.90. The molecule has 4 N–H and O–H groups in total. The van der Waals surface area contributed by atoms with Crippen LogP contribution in [0.5, 0.6) is 0 Å². The van der Waals surface area contributed by atoms with Gasteiger partial charge in [0.1, 0.15) is 40.4 Å². The molecule has 2 aliphatic carbocycles. The van der Waals surface area contributed by atoms with Crippen LogP contribution in [0.4, 0.5) is 37.8 Å². The number of rotatable bonds is 11. The van der Waals surface area contributed by atoms with Crippen molar-refractivity contribution in [1.82, 2.24) is 24.5 Å². The highest BCUT2D eigenvalue weighted by molar-refractivity contribution is 7.92. The van der Waals surface area contributed by atoms with E-state index in [1.165, 1.54) is 37.7 Å². The molecule has 5 aromatic rings. The van der Waals surface area contributed by atoms with E-state index in [1.54, 1.807) is 25.1 Å². The zero-order valence-electron chi connectivity index (χ0n) is 32.3. The minimum Gasteiger partial charge on any atom is -0.378 e. The topological polar surface area (TPSA) is 161 Å². The molecule has 3 aromatic heterocycles. The van der Waals surface area contributed by atoms with Crippen molar-refractivity contribution in [3.8, 4) is 23.0 Å². The molecular formula is C39H37ClF6N8O4S. The predicted molar refractivity (Wildman–Crippen MR) is 208 cm³/mol. The fourth-order valence-electron chi connectivity index (χ4n) is 7.95. The maximum Gasteiger partial charge on any atom is 0.293 e. The molecule has 0 bridgehead atoms. The molecule has 0 radical (unpaired) electrons. The maximum atomic E-state index is 16.2. The molecule has 7 rings (SSSR count). The number of hydrogen-bond acceptors (Lipinski definition) is 8. The van der Waals surface area contributed by atoms with E-state index in [-0.39, 0.29) is 61.8 Å². The van der Waals surface area contributed by atoms with Crippen LogP contribution in [0.1, 0.15) is 78.5 Å². The Labute approximate surface area is 339 Å². The lowest BCUT2D eigenvalue weighted by Crippen LogP contribution is -2.37. The average Bonchev–Trinajstić information content (AvgIpc) is 3.63. The molecule has 3 heterocycles. The van der Waals surface area contributed by atoms with Crippen molar-refractivity contribution in [3.63, 3.8) is 0 Å². The lowest BCUT2D eigenvalue weighted by molar-refractivity contribution is -0.122. The van der Waals surface area contributed by atoms with Crippen molar-refractivity contribution in [3.05, 3.63) is 87.0 Å². The Bertz CT molecular complexity index is 2720. The number of primary amides is 1. The summed E-state index contributed by atoms with van der Waals surface area (Å²) in [5, 5.41) is 19.1. The monoisotopic (exact) mass is 862 g/mol. The molecule has 1 amide bonds. The number of halogens is 7. The number of nitrogens with zero attached hydrogens (tertiary/aromatic N) is 6. The summed E-state index contributed by atoms with van der Waals surface area (Å²) in [6.45, 7) is 2.82. The highest BCUT2D eigenvalue weighted by Crippen LogP contribution is 2.68. The van der Waals surface area contributed by atoms with Gasteiger partial charge in [-0.05, 0) is 68.4 Å². The summed E-state index contributed by atoms with van der Waals surface area (Å²) >= 11 is 6.66. The van der Waals surface area contributed by atoms with Crippen LogP contribution < -0.4 is 15.4 Å². The van der Waals surface area contributed by atoms with E-state index < -0.39 is 87.1 Å². The van der Waals surface area contributed by atoms with Gasteiger partial charge in [0.15, 0.2) is 5.82 Å². The zero-order chi connectivity index (χ0) is 43.3. The van der Waals surface area contributed by atoms with Crippen molar-refractivity contribution in [2.75, 3.05) is 30.0 Å². The smallest absolute Gasteiger partial charge is 0.293 e. The quantitative estimate of drug-likeness (QED) is 0.1000. The molecule has 4 atom stereocenters. The van der Waals surface area contributed by atoms with E-state index in [2.05, 4.69) is 26.8 Å². The van der Waals surface area contributed by atoms with E-state index in [0.717, 1.165) is 18.4 Å². The Hall–Kier alpha value is -5.32. The molecule has 1 unspecified atom stereocenters. The van der Waals surface area contributed by atoms with Gasteiger partial charge in [-0.25, -0.2) is 35.6 Å². The SMILES string of the molecule is CN(C)c1cc(-c2ccc(Cl)c3c(NS(C)(=O)=O)nn(C)c23)c([C@@H](Cc2cc(F)cc(F)c2)C(C(N)=O)n2nc(C(F)F)c3c2C(F)(F)[C@@H]2C[C@H]32)nc1C#CC(C)(C)O. The molecule has 59 heavy (non-hydrogen) atoms. The summed E-state index contributed by atoms with van der Waals surface area (Å²) in [5.74, 6) is -5.59. The van der Waals surface area contributed by atoms with Crippen molar-refractivity contribution in [1.29, 1.82) is 0 Å². The van der Waals surface area contributed by atoms with Crippen LogP contribution in [0.3, 0.4) is 0 Å². The number of aryl methyl sites for hydroxylation is 1. The third-order valence-electron chi connectivity index (χ3n) is 10.3. The fourth-order valence-corrected chi connectivity index (χ4v) is 8.68. The first kappa shape index (κ1) is 41.8. The second-order valence-electron chi connectivity index (χ2n) is 15.6. The summed E-state index contributed by atoms with van der Waals surface area (Å²) in [4.78, 5) is 20.4. The van der Waals surface area contributed by atoms with E-state index in [0.29, 0.717) is 16.4 Å².